The first kappa shape index (κ1) is 19.4. The van der Waals surface area contributed by atoms with Crippen LogP contribution in [0.5, 0.6) is 0 Å². The van der Waals surface area contributed by atoms with Crippen molar-refractivity contribution < 1.29 is 4.39 Å². The molecule has 4 aromatic rings. The van der Waals surface area contributed by atoms with E-state index >= 15 is 0 Å². The zero-order valence-corrected chi connectivity index (χ0v) is 17.5. The molecule has 4 rings (SSSR count). The fourth-order valence-corrected chi connectivity index (χ4v) is 4.01. The summed E-state index contributed by atoms with van der Waals surface area (Å²) in [6.45, 7) is 6.31. The number of thioether (sulfide) groups is 1. The first-order valence-corrected chi connectivity index (χ1v) is 10.5. The van der Waals surface area contributed by atoms with Gasteiger partial charge in [0.15, 0.2) is 11.0 Å². The lowest BCUT2D eigenvalue weighted by Gasteiger charge is -2.11. The van der Waals surface area contributed by atoms with Gasteiger partial charge < -0.3 is 0 Å². The number of rotatable bonds is 5. The molecular formula is C24H22FN3S. The molecule has 0 N–H and O–H groups in total. The largest absolute Gasteiger partial charge is 0.270 e. The third kappa shape index (κ3) is 4.25. The van der Waals surface area contributed by atoms with Crippen molar-refractivity contribution in [2.24, 2.45) is 0 Å². The summed E-state index contributed by atoms with van der Waals surface area (Å²) in [4.78, 5) is 0. The van der Waals surface area contributed by atoms with E-state index in [0.29, 0.717) is 5.82 Å². The Hall–Kier alpha value is -2.92. The highest BCUT2D eigenvalue weighted by molar-refractivity contribution is 7.98. The molecule has 5 heteroatoms. The van der Waals surface area contributed by atoms with Crippen molar-refractivity contribution in [3.05, 3.63) is 94.8 Å². The highest BCUT2D eigenvalue weighted by Gasteiger charge is 2.16. The van der Waals surface area contributed by atoms with Crippen molar-refractivity contribution in [1.82, 2.24) is 14.8 Å². The number of nitrogens with zero attached hydrogens (tertiary/aromatic N) is 3. The molecule has 0 fully saturated rings. The average molecular weight is 404 g/mol. The van der Waals surface area contributed by atoms with Crippen LogP contribution >= 0.6 is 11.8 Å². The first-order chi connectivity index (χ1) is 14.0. The molecular weight excluding hydrogens is 381 g/mol. The van der Waals surface area contributed by atoms with E-state index in [0.717, 1.165) is 22.2 Å². The topological polar surface area (TPSA) is 30.7 Å². The van der Waals surface area contributed by atoms with Crippen LogP contribution in [0.1, 0.15) is 22.3 Å². The second-order valence-electron chi connectivity index (χ2n) is 7.19. The fourth-order valence-electron chi connectivity index (χ4n) is 3.12. The Bertz CT molecular complexity index is 1130. The molecule has 0 aliphatic rings. The summed E-state index contributed by atoms with van der Waals surface area (Å²) >= 11 is 1.65. The smallest absolute Gasteiger partial charge is 0.196 e. The maximum atomic E-state index is 13.4. The summed E-state index contributed by atoms with van der Waals surface area (Å²) in [6.07, 6.45) is 0. The van der Waals surface area contributed by atoms with Crippen molar-refractivity contribution in [2.45, 2.75) is 31.7 Å². The van der Waals surface area contributed by atoms with Gasteiger partial charge in [0.25, 0.3) is 0 Å². The van der Waals surface area contributed by atoms with E-state index < -0.39 is 0 Å². The summed E-state index contributed by atoms with van der Waals surface area (Å²) in [5, 5.41) is 9.69. The van der Waals surface area contributed by atoms with Crippen LogP contribution in [0, 0.1) is 26.6 Å². The zero-order chi connectivity index (χ0) is 20.4. The normalized spacial score (nSPS) is 11.0. The van der Waals surface area contributed by atoms with Crippen molar-refractivity contribution in [1.29, 1.82) is 0 Å². The van der Waals surface area contributed by atoms with E-state index in [2.05, 4.69) is 73.4 Å². The van der Waals surface area contributed by atoms with Crippen LogP contribution in [-0.2, 0) is 5.75 Å². The molecule has 3 aromatic carbocycles. The lowest BCUT2D eigenvalue weighted by Crippen LogP contribution is -2.00. The predicted molar refractivity (Wildman–Crippen MR) is 117 cm³/mol. The monoisotopic (exact) mass is 403 g/mol. The highest BCUT2D eigenvalue weighted by Crippen LogP contribution is 2.30. The summed E-state index contributed by atoms with van der Waals surface area (Å²) in [6, 6.07) is 21.2. The van der Waals surface area contributed by atoms with Crippen molar-refractivity contribution in [3.63, 3.8) is 0 Å². The molecule has 1 heterocycles. The predicted octanol–water partition coefficient (Wildman–Crippen LogP) is 6.29. The van der Waals surface area contributed by atoms with Gasteiger partial charge in [0.2, 0.25) is 0 Å². The molecule has 146 valence electrons. The number of benzene rings is 3. The number of hydrogen-bond donors (Lipinski definition) is 0. The lowest BCUT2D eigenvalue weighted by atomic mass is 10.1. The van der Waals surface area contributed by atoms with E-state index in [1.807, 2.05) is 4.57 Å². The van der Waals surface area contributed by atoms with Crippen molar-refractivity contribution in [2.75, 3.05) is 0 Å². The third-order valence-electron chi connectivity index (χ3n) is 4.97. The fraction of sp³-hybridized carbons (Fsp3) is 0.167. The van der Waals surface area contributed by atoms with Gasteiger partial charge in [-0.05, 0) is 73.9 Å². The molecule has 0 saturated carbocycles. The maximum absolute atomic E-state index is 13.4. The third-order valence-corrected chi connectivity index (χ3v) is 5.97. The molecule has 0 saturated heterocycles. The number of aromatic nitrogens is 3. The molecule has 0 spiro atoms. The zero-order valence-electron chi connectivity index (χ0n) is 16.7. The van der Waals surface area contributed by atoms with Gasteiger partial charge in [0, 0.05) is 17.0 Å². The van der Waals surface area contributed by atoms with Crippen molar-refractivity contribution in [3.8, 4) is 17.1 Å². The van der Waals surface area contributed by atoms with Crippen LogP contribution in [-0.4, -0.2) is 14.8 Å². The highest BCUT2D eigenvalue weighted by atomic mass is 32.2. The van der Waals surface area contributed by atoms with Gasteiger partial charge in [-0.3, -0.25) is 4.57 Å². The van der Waals surface area contributed by atoms with Crippen LogP contribution < -0.4 is 0 Å². The summed E-state index contributed by atoms with van der Waals surface area (Å²) < 4.78 is 15.4. The van der Waals surface area contributed by atoms with Crippen LogP contribution in [0.3, 0.4) is 0 Å². The van der Waals surface area contributed by atoms with Crippen LogP contribution in [0.2, 0.25) is 0 Å². The van der Waals surface area contributed by atoms with Gasteiger partial charge in [-0.2, -0.15) is 0 Å². The van der Waals surface area contributed by atoms with Gasteiger partial charge in [0.05, 0.1) is 0 Å². The van der Waals surface area contributed by atoms with Gasteiger partial charge in [-0.1, -0.05) is 47.7 Å². The molecule has 3 nitrogen and oxygen atoms in total. The van der Waals surface area contributed by atoms with Gasteiger partial charge in [0.1, 0.15) is 5.82 Å². The van der Waals surface area contributed by atoms with Crippen LogP contribution in [0.15, 0.2) is 71.9 Å². The maximum Gasteiger partial charge on any atom is 0.196 e. The Morgan fingerprint density at radius 1 is 0.828 bits per heavy atom. The van der Waals surface area contributed by atoms with E-state index in [9.17, 15) is 4.39 Å². The molecule has 1 aromatic heterocycles. The molecule has 0 atom stereocenters. The lowest BCUT2D eigenvalue weighted by molar-refractivity contribution is 0.628. The Labute approximate surface area is 174 Å². The quantitative estimate of drug-likeness (QED) is 0.367. The Balaban J connectivity index is 1.72. The van der Waals surface area contributed by atoms with E-state index in [1.54, 1.807) is 23.9 Å². The SMILES string of the molecule is Cc1ccc(-n2c(SCc3ccc(C)c(C)c3)nnc2-c2ccc(F)cc2)cc1. The average Bonchev–Trinajstić information content (AvgIpc) is 3.14. The molecule has 0 unspecified atom stereocenters. The second kappa shape index (κ2) is 8.21. The summed E-state index contributed by atoms with van der Waals surface area (Å²) in [5.41, 5.74) is 6.84. The van der Waals surface area contributed by atoms with Gasteiger partial charge >= 0.3 is 0 Å². The summed E-state index contributed by atoms with van der Waals surface area (Å²) in [7, 11) is 0. The Morgan fingerprint density at radius 3 is 2.24 bits per heavy atom. The van der Waals surface area contributed by atoms with E-state index in [-0.39, 0.29) is 5.82 Å². The second-order valence-corrected chi connectivity index (χ2v) is 8.13. The Kier molecular flexibility index (Phi) is 5.49. The number of halogens is 1. The minimum atomic E-state index is -0.264. The molecule has 0 aliphatic carbocycles. The Morgan fingerprint density at radius 2 is 1.55 bits per heavy atom. The van der Waals surface area contributed by atoms with Crippen molar-refractivity contribution >= 4 is 11.8 Å². The molecule has 0 bridgehead atoms. The van der Waals surface area contributed by atoms with Gasteiger partial charge in [-0.15, -0.1) is 10.2 Å². The van der Waals surface area contributed by atoms with E-state index in [1.165, 1.54) is 34.4 Å². The van der Waals surface area contributed by atoms with Gasteiger partial charge in [-0.25, -0.2) is 4.39 Å². The number of hydrogen-bond acceptors (Lipinski definition) is 3. The number of aryl methyl sites for hydroxylation is 3. The van der Waals surface area contributed by atoms with Crippen LogP contribution in [0.4, 0.5) is 4.39 Å². The van der Waals surface area contributed by atoms with E-state index in [4.69, 9.17) is 0 Å². The summed E-state index contributed by atoms with van der Waals surface area (Å²) in [5.74, 6) is 1.24. The molecule has 0 radical (unpaired) electrons. The first-order valence-electron chi connectivity index (χ1n) is 9.48. The molecule has 0 aliphatic heterocycles. The standard InChI is InChI=1S/C24H22FN3S/c1-16-4-12-22(13-5-16)28-23(20-8-10-21(25)11-9-20)26-27-24(28)29-15-19-7-6-17(2)18(3)14-19/h4-14H,15H2,1-3H3. The molecule has 0 amide bonds. The minimum Gasteiger partial charge on any atom is -0.270 e. The minimum absolute atomic E-state index is 0.264. The molecule has 29 heavy (non-hydrogen) atoms. The van der Waals surface area contributed by atoms with Crippen LogP contribution in [0.25, 0.3) is 17.1 Å².